The van der Waals surface area contributed by atoms with Crippen molar-refractivity contribution in [1.82, 2.24) is 0 Å². The number of carbonyl (C=O) groups excluding carboxylic acids is 1. The van der Waals surface area contributed by atoms with Crippen LogP contribution in [0.4, 0.5) is 5.69 Å². The molecule has 0 aliphatic rings. The van der Waals surface area contributed by atoms with Crippen molar-refractivity contribution in [2.24, 2.45) is 5.73 Å². The molecule has 7 heteroatoms. The molecule has 1 amide bonds. The molecule has 0 aliphatic carbocycles. The third kappa shape index (κ3) is 3.11. The minimum atomic E-state index is -1.00. The molecule has 0 aromatic heterocycles. The second kappa shape index (κ2) is 6.33. The van der Waals surface area contributed by atoms with Gasteiger partial charge in [-0.2, -0.15) is 0 Å². The van der Waals surface area contributed by atoms with E-state index >= 15 is 0 Å². The number of aliphatic hydroxyl groups excluding tert-OH is 1. The predicted molar refractivity (Wildman–Crippen MR) is 80.6 cm³/mol. The van der Waals surface area contributed by atoms with E-state index in [9.17, 15) is 20.1 Å². The summed E-state index contributed by atoms with van der Waals surface area (Å²) in [4.78, 5) is 11.5. The molecule has 0 bridgehead atoms. The highest BCUT2D eigenvalue weighted by atomic mass is 16.3. The molecule has 0 saturated carbocycles. The van der Waals surface area contributed by atoms with Crippen molar-refractivity contribution in [3.63, 3.8) is 0 Å². The molecule has 7 N–H and O–H groups in total. The molecular formula is C15H16N2O5. The molecule has 2 rings (SSSR count). The Bertz CT molecular complexity index is 685. The number of nitrogens with one attached hydrogen (secondary N) is 1. The first-order valence-corrected chi connectivity index (χ1v) is 6.45. The van der Waals surface area contributed by atoms with Gasteiger partial charge in [-0.3, -0.25) is 4.79 Å². The van der Waals surface area contributed by atoms with Crippen molar-refractivity contribution >= 4 is 11.6 Å². The molecular weight excluding hydrogens is 288 g/mol. The normalized spacial score (nSPS) is 11.9. The van der Waals surface area contributed by atoms with Gasteiger partial charge in [0.05, 0.1) is 6.61 Å². The van der Waals surface area contributed by atoms with Crippen LogP contribution in [0.2, 0.25) is 0 Å². The first-order valence-electron chi connectivity index (χ1n) is 6.45. The van der Waals surface area contributed by atoms with Gasteiger partial charge in [0, 0.05) is 11.3 Å². The van der Waals surface area contributed by atoms with Crippen molar-refractivity contribution in [1.29, 1.82) is 0 Å². The molecule has 0 saturated heterocycles. The zero-order chi connectivity index (χ0) is 16.3. The average Bonchev–Trinajstić information content (AvgIpc) is 2.53. The predicted octanol–water partition coefficient (Wildman–Crippen LogP) is 0.728. The fourth-order valence-corrected chi connectivity index (χ4v) is 1.85. The number of aromatic hydroxyl groups is 3. The van der Waals surface area contributed by atoms with E-state index in [1.807, 2.05) is 0 Å². The van der Waals surface area contributed by atoms with Gasteiger partial charge in [-0.25, -0.2) is 0 Å². The van der Waals surface area contributed by atoms with Crippen molar-refractivity contribution < 1.29 is 25.2 Å². The average molecular weight is 304 g/mol. The number of amides is 1. The van der Waals surface area contributed by atoms with Crippen LogP contribution in [0.5, 0.6) is 17.2 Å². The second-order valence-electron chi connectivity index (χ2n) is 4.69. The Morgan fingerprint density at radius 2 is 1.68 bits per heavy atom. The van der Waals surface area contributed by atoms with E-state index in [-0.39, 0.29) is 0 Å². The summed E-state index contributed by atoms with van der Waals surface area (Å²) in [7, 11) is 0. The third-order valence-electron chi connectivity index (χ3n) is 3.13. The van der Waals surface area contributed by atoms with Gasteiger partial charge in [0.25, 0.3) is 0 Å². The smallest absolute Gasteiger partial charge is 0.243 e. The highest BCUT2D eigenvalue weighted by Crippen LogP contribution is 2.42. The van der Waals surface area contributed by atoms with Crippen LogP contribution < -0.4 is 11.1 Å². The summed E-state index contributed by atoms with van der Waals surface area (Å²) in [6, 6.07) is 8.12. The molecule has 0 aliphatic heterocycles. The molecule has 2 aromatic rings. The van der Waals surface area contributed by atoms with Gasteiger partial charge in [-0.1, -0.05) is 12.1 Å². The van der Waals surface area contributed by atoms with Crippen LogP contribution in [0, 0.1) is 0 Å². The lowest BCUT2D eigenvalue weighted by molar-refractivity contribution is -0.118. The van der Waals surface area contributed by atoms with Gasteiger partial charge >= 0.3 is 0 Å². The second-order valence-corrected chi connectivity index (χ2v) is 4.69. The standard InChI is InChI=1S/C15H16N2O5/c16-11(7-18)15(22)17-9-3-1-8(2-4-9)10-5-6-12(19)14(21)13(10)20/h1-6,11,18-21H,7,16H2,(H,17,22)/t11-/m0/s1. The fraction of sp³-hybridized carbons (Fsp3) is 0.133. The van der Waals surface area contributed by atoms with Crippen LogP contribution >= 0.6 is 0 Å². The Morgan fingerprint density at radius 1 is 1.05 bits per heavy atom. The summed E-state index contributed by atoms with van der Waals surface area (Å²) in [5.41, 5.74) is 6.78. The Kier molecular flexibility index (Phi) is 4.50. The van der Waals surface area contributed by atoms with Gasteiger partial charge in [-0.15, -0.1) is 0 Å². The molecule has 0 heterocycles. The summed E-state index contributed by atoms with van der Waals surface area (Å²) in [5, 5.41) is 40.0. The molecule has 1 atom stereocenters. The monoisotopic (exact) mass is 304 g/mol. The quantitative estimate of drug-likeness (QED) is 0.461. The molecule has 0 fully saturated rings. The van der Waals surface area contributed by atoms with Crippen LogP contribution in [0.1, 0.15) is 0 Å². The third-order valence-corrected chi connectivity index (χ3v) is 3.13. The number of rotatable bonds is 4. The number of phenolic OH excluding ortho intramolecular Hbond substituents is 3. The lowest BCUT2D eigenvalue weighted by atomic mass is 10.0. The minimum absolute atomic E-state index is 0.334. The SMILES string of the molecule is N[C@@H](CO)C(=O)Nc1ccc(-c2ccc(O)c(O)c2O)cc1. The Morgan fingerprint density at radius 3 is 2.27 bits per heavy atom. The van der Waals surface area contributed by atoms with Gasteiger partial charge < -0.3 is 31.5 Å². The molecule has 2 aromatic carbocycles. The topological polar surface area (TPSA) is 136 Å². The van der Waals surface area contributed by atoms with Crippen molar-refractivity contribution in [2.75, 3.05) is 11.9 Å². The number of hydrogen-bond acceptors (Lipinski definition) is 6. The molecule has 22 heavy (non-hydrogen) atoms. The highest BCUT2D eigenvalue weighted by molar-refractivity contribution is 5.95. The van der Waals surface area contributed by atoms with Gasteiger partial charge in [0.15, 0.2) is 11.5 Å². The highest BCUT2D eigenvalue weighted by Gasteiger charge is 2.14. The summed E-state index contributed by atoms with van der Waals surface area (Å²) in [6.07, 6.45) is 0. The van der Waals surface area contributed by atoms with E-state index in [1.54, 1.807) is 24.3 Å². The zero-order valence-electron chi connectivity index (χ0n) is 11.5. The minimum Gasteiger partial charge on any atom is -0.504 e. The number of hydrogen-bond donors (Lipinski definition) is 6. The lowest BCUT2D eigenvalue weighted by Crippen LogP contribution is -2.38. The van der Waals surface area contributed by atoms with E-state index in [0.29, 0.717) is 16.8 Å². The van der Waals surface area contributed by atoms with Crippen molar-refractivity contribution in [2.45, 2.75) is 6.04 Å². The van der Waals surface area contributed by atoms with Crippen LogP contribution in [-0.2, 0) is 4.79 Å². The Balaban J connectivity index is 2.23. The maximum atomic E-state index is 11.5. The number of aliphatic hydroxyl groups is 1. The van der Waals surface area contributed by atoms with Gasteiger partial charge in [0.1, 0.15) is 6.04 Å². The van der Waals surface area contributed by atoms with Crippen molar-refractivity contribution in [3.05, 3.63) is 36.4 Å². The summed E-state index contributed by atoms with van der Waals surface area (Å²) in [6.45, 7) is -0.454. The van der Waals surface area contributed by atoms with E-state index in [4.69, 9.17) is 10.8 Å². The van der Waals surface area contributed by atoms with Crippen LogP contribution in [0.3, 0.4) is 0 Å². The largest absolute Gasteiger partial charge is 0.504 e. The number of benzene rings is 2. The molecule has 7 nitrogen and oxygen atoms in total. The van der Waals surface area contributed by atoms with E-state index in [2.05, 4.69) is 5.32 Å². The van der Waals surface area contributed by atoms with E-state index in [1.165, 1.54) is 12.1 Å². The molecule has 0 spiro atoms. The molecule has 0 radical (unpaired) electrons. The zero-order valence-corrected chi connectivity index (χ0v) is 11.5. The van der Waals surface area contributed by atoms with E-state index in [0.717, 1.165) is 0 Å². The first-order chi connectivity index (χ1) is 10.4. The van der Waals surface area contributed by atoms with Crippen LogP contribution in [0.15, 0.2) is 36.4 Å². The first kappa shape index (κ1) is 15.6. The number of anilines is 1. The lowest BCUT2D eigenvalue weighted by Gasteiger charge is -2.11. The maximum absolute atomic E-state index is 11.5. The maximum Gasteiger partial charge on any atom is 0.243 e. The van der Waals surface area contributed by atoms with Crippen LogP contribution in [0.25, 0.3) is 11.1 Å². The Labute approximate surface area is 126 Å². The Hall–Kier alpha value is -2.77. The fourth-order valence-electron chi connectivity index (χ4n) is 1.85. The van der Waals surface area contributed by atoms with Gasteiger partial charge in [-0.05, 0) is 29.8 Å². The summed E-state index contributed by atoms with van der Waals surface area (Å²) in [5.74, 6) is -1.95. The van der Waals surface area contributed by atoms with E-state index < -0.39 is 35.8 Å². The molecule has 116 valence electrons. The van der Waals surface area contributed by atoms with Crippen molar-refractivity contribution in [3.8, 4) is 28.4 Å². The van der Waals surface area contributed by atoms with Crippen LogP contribution in [-0.4, -0.2) is 39.0 Å². The number of phenols is 3. The number of carbonyl (C=O) groups is 1. The molecule has 0 unspecified atom stereocenters. The number of nitrogens with two attached hydrogens (primary N) is 1. The summed E-state index contributed by atoms with van der Waals surface area (Å²) >= 11 is 0. The van der Waals surface area contributed by atoms with Gasteiger partial charge in [0.2, 0.25) is 11.7 Å². The summed E-state index contributed by atoms with van der Waals surface area (Å²) < 4.78 is 0.